The third-order valence-corrected chi connectivity index (χ3v) is 0.803. The lowest BCUT2D eigenvalue weighted by Crippen LogP contribution is -2.23. The summed E-state index contributed by atoms with van der Waals surface area (Å²) in [6, 6.07) is 0. The molecule has 0 aromatic carbocycles. The van der Waals surface area contributed by atoms with Crippen LogP contribution in [0.2, 0.25) is 0 Å². The van der Waals surface area contributed by atoms with E-state index in [-0.39, 0.29) is 0 Å². The average molecular weight is 124 g/mol. The number of halogens is 3. The smallest absolute Gasteiger partial charge is 0.241 e. The topological polar surface area (TPSA) is 0 Å². The van der Waals surface area contributed by atoms with Crippen LogP contribution in [-0.4, -0.2) is 12.1 Å². The van der Waals surface area contributed by atoms with Crippen molar-refractivity contribution in [1.82, 2.24) is 0 Å². The molecule has 3 heteroatoms. The fourth-order valence-corrected chi connectivity index (χ4v) is 0.162. The second-order valence-corrected chi connectivity index (χ2v) is 1.49. The van der Waals surface area contributed by atoms with Gasteiger partial charge in [-0.05, 0) is 13.0 Å². The Hall–Kier alpha value is -0.470. The van der Waals surface area contributed by atoms with E-state index in [4.69, 9.17) is 0 Å². The molecule has 1 unspecified atom stereocenters. The Morgan fingerprint density at radius 3 is 2.00 bits per heavy atom. The molecule has 0 rings (SSSR count). The Balaban J connectivity index is 3.90. The van der Waals surface area contributed by atoms with E-state index in [9.17, 15) is 13.2 Å². The number of hydrogen-bond donors (Lipinski definition) is 0. The zero-order valence-corrected chi connectivity index (χ0v) is 4.50. The Labute approximate surface area is 46.0 Å². The van der Waals surface area contributed by atoms with Gasteiger partial charge in [0.1, 0.15) is 0 Å². The molecule has 0 saturated carbocycles. The van der Waals surface area contributed by atoms with Crippen molar-refractivity contribution in [2.24, 2.45) is 0 Å². The molecule has 0 radical (unpaired) electrons. The van der Waals surface area contributed by atoms with Crippen LogP contribution in [0.3, 0.4) is 0 Å². The second kappa shape index (κ2) is 2.20. The summed E-state index contributed by atoms with van der Waals surface area (Å²) >= 11 is 0. The SMILES string of the molecule is C=CC(F)(F)C(C)F. The summed E-state index contributed by atoms with van der Waals surface area (Å²) in [4.78, 5) is 0. The highest BCUT2D eigenvalue weighted by Gasteiger charge is 2.32. The fraction of sp³-hybridized carbons (Fsp3) is 0.600. The van der Waals surface area contributed by atoms with Gasteiger partial charge in [-0.3, -0.25) is 0 Å². The standard InChI is InChI=1S/C5H7F3/c1-3-5(7,8)4(2)6/h3-4H,1H2,2H3. The van der Waals surface area contributed by atoms with Crippen molar-refractivity contribution in [3.63, 3.8) is 0 Å². The van der Waals surface area contributed by atoms with Crippen LogP contribution in [0, 0.1) is 0 Å². The summed E-state index contributed by atoms with van der Waals surface area (Å²) in [7, 11) is 0. The molecule has 0 nitrogen and oxygen atoms in total. The van der Waals surface area contributed by atoms with Gasteiger partial charge in [0.05, 0.1) is 0 Å². The molecule has 0 aliphatic carbocycles. The van der Waals surface area contributed by atoms with Gasteiger partial charge in [0.2, 0.25) is 0 Å². The minimum atomic E-state index is -3.36. The lowest BCUT2D eigenvalue weighted by molar-refractivity contribution is -0.0184. The summed E-state index contributed by atoms with van der Waals surface area (Å²) < 4.78 is 35.2. The van der Waals surface area contributed by atoms with Crippen molar-refractivity contribution < 1.29 is 13.2 Å². The zero-order chi connectivity index (χ0) is 6.78. The molecule has 0 saturated heterocycles. The molecule has 0 aliphatic rings. The van der Waals surface area contributed by atoms with Crippen molar-refractivity contribution in [2.75, 3.05) is 0 Å². The number of rotatable bonds is 2. The maximum Gasteiger partial charge on any atom is 0.296 e. The summed E-state index contributed by atoms with van der Waals surface area (Å²) in [5, 5.41) is 0. The molecule has 8 heavy (non-hydrogen) atoms. The fourth-order valence-electron chi connectivity index (χ4n) is 0.162. The van der Waals surface area contributed by atoms with E-state index in [0.29, 0.717) is 6.08 Å². The van der Waals surface area contributed by atoms with E-state index < -0.39 is 12.1 Å². The van der Waals surface area contributed by atoms with Crippen LogP contribution in [-0.2, 0) is 0 Å². The van der Waals surface area contributed by atoms with E-state index in [0.717, 1.165) is 6.92 Å². The van der Waals surface area contributed by atoms with Crippen molar-refractivity contribution >= 4 is 0 Å². The van der Waals surface area contributed by atoms with Gasteiger partial charge in [-0.25, -0.2) is 4.39 Å². The first-order valence-electron chi connectivity index (χ1n) is 2.16. The van der Waals surface area contributed by atoms with Crippen LogP contribution in [0.1, 0.15) is 6.92 Å². The van der Waals surface area contributed by atoms with Crippen molar-refractivity contribution in [3.8, 4) is 0 Å². The van der Waals surface area contributed by atoms with Crippen LogP contribution < -0.4 is 0 Å². The molecular formula is C5H7F3. The van der Waals surface area contributed by atoms with Gasteiger partial charge in [0.15, 0.2) is 6.17 Å². The summed E-state index contributed by atoms with van der Waals surface area (Å²) in [6.07, 6.45) is -1.84. The van der Waals surface area contributed by atoms with Crippen molar-refractivity contribution in [3.05, 3.63) is 12.7 Å². The van der Waals surface area contributed by atoms with Crippen LogP contribution in [0.5, 0.6) is 0 Å². The zero-order valence-electron chi connectivity index (χ0n) is 4.50. The van der Waals surface area contributed by atoms with E-state index >= 15 is 0 Å². The van der Waals surface area contributed by atoms with E-state index in [1.807, 2.05) is 0 Å². The highest BCUT2D eigenvalue weighted by atomic mass is 19.3. The number of hydrogen-bond acceptors (Lipinski definition) is 0. The highest BCUT2D eigenvalue weighted by Crippen LogP contribution is 2.21. The van der Waals surface area contributed by atoms with Crippen LogP contribution in [0.4, 0.5) is 13.2 Å². The number of alkyl halides is 3. The molecule has 0 heterocycles. The lowest BCUT2D eigenvalue weighted by Gasteiger charge is -2.10. The Morgan fingerprint density at radius 1 is 1.62 bits per heavy atom. The van der Waals surface area contributed by atoms with E-state index in [1.165, 1.54) is 0 Å². The molecule has 0 aromatic heterocycles. The second-order valence-electron chi connectivity index (χ2n) is 1.49. The molecular weight excluding hydrogens is 117 g/mol. The first-order chi connectivity index (χ1) is 3.50. The molecule has 0 bridgehead atoms. The van der Waals surface area contributed by atoms with Crippen molar-refractivity contribution in [2.45, 2.75) is 19.0 Å². The third kappa shape index (κ3) is 1.56. The van der Waals surface area contributed by atoms with Gasteiger partial charge in [-0.15, -0.1) is 0 Å². The molecule has 48 valence electrons. The predicted molar refractivity (Wildman–Crippen MR) is 25.7 cm³/mol. The molecule has 1 atom stereocenters. The van der Waals surface area contributed by atoms with Gasteiger partial charge in [-0.2, -0.15) is 8.78 Å². The minimum Gasteiger partial charge on any atom is -0.241 e. The van der Waals surface area contributed by atoms with Crippen LogP contribution >= 0.6 is 0 Å². The third-order valence-electron chi connectivity index (χ3n) is 0.803. The summed E-state index contributed by atoms with van der Waals surface area (Å²) in [5.41, 5.74) is 0. The monoisotopic (exact) mass is 124 g/mol. The highest BCUT2D eigenvalue weighted by molar-refractivity contribution is 4.90. The number of allylic oxidation sites excluding steroid dienone is 1. The molecule has 0 fully saturated rings. The van der Waals surface area contributed by atoms with Crippen LogP contribution in [0.25, 0.3) is 0 Å². The molecule has 0 amide bonds. The first-order valence-corrected chi connectivity index (χ1v) is 2.16. The van der Waals surface area contributed by atoms with E-state index in [2.05, 4.69) is 6.58 Å². The average Bonchev–Trinajstić information content (AvgIpc) is 1.67. The van der Waals surface area contributed by atoms with Gasteiger partial charge < -0.3 is 0 Å². The molecule has 0 aliphatic heterocycles. The minimum absolute atomic E-state index is 0.303. The maximum atomic E-state index is 11.8. The lowest BCUT2D eigenvalue weighted by atomic mass is 10.2. The van der Waals surface area contributed by atoms with Gasteiger partial charge in [0.25, 0.3) is 5.92 Å². The normalized spacial score (nSPS) is 15.5. The predicted octanol–water partition coefficient (Wildman–Crippen LogP) is 2.17. The molecule has 0 N–H and O–H groups in total. The van der Waals surface area contributed by atoms with Gasteiger partial charge >= 0.3 is 0 Å². The van der Waals surface area contributed by atoms with Gasteiger partial charge in [-0.1, -0.05) is 6.58 Å². The molecule has 0 aromatic rings. The summed E-state index contributed by atoms with van der Waals surface area (Å²) in [5.74, 6) is -3.36. The summed E-state index contributed by atoms with van der Waals surface area (Å²) in [6.45, 7) is 3.56. The Kier molecular flexibility index (Phi) is 2.07. The van der Waals surface area contributed by atoms with Crippen molar-refractivity contribution in [1.29, 1.82) is 0 Å². The quantitative estimate of drug-likeness (QED) is 0.495. The maximum absolute atomic E-state index is 11.8. The van der Waals surface area contributed by atoms with Gasteiger partial charge in [0, 0.05) is 0 Å². The Bertz CT molecular complexity index is 85.7. The van der Waals surface area contributed by atoms with Crippen LogP contribution in [0.15, 0.2) is 12.7 Å². The Morgan fingerprint density at radius 2 is 2.00 bits per heavy atom. The first kappa shape index (κ1) is 7.53. The largest absolute Gasteiger partial charge is 0.296 e. The van der Waals surface area contributed by atoms with E-state index in [1.54, 1.807) is 0 Å². The molecule has 0 spiro atoms.